The molecule has 3 aromatic carbocycles. The Morgan fingerprint density at radius 3 is 2.34 bits per heavy atom. The van der Waals surface area contributed by atoms with E-state index in [2.05, 4.69) is 36.5 Å². The van der Waals surface area contributed by atoms with Gasteiger partial charge in [-0.05, 0) is 62.2 Å². The lowest BCUT2D eigenvalue weighted by atomic mass is 10.1. The first-order chi connectivity index (χ1) is 14.0. The zero-order chi connectivity index (χ0) is 20.6. The molecule has 0 spiro atoms. The number of thioether (sulfide) groups is 1. The largest absolute Gasteiger partial charge is 0.491 e. The predicted molar refractivity (Wildman–Crippen MR) is 121 cm³/mol. The van der Waals surface area contributed by atoms with E-state index in [1.807, 2.05) is 62.4 Å². The number of ether oxygens (including phenoxy) is 1. The molecule has 0 fully saturated rings. The number of carbonyl (C=O) groups is 1. The minimum atomic E-state index is -0.0844. The lowest BCUT2D eigenvalue weighted by molar-refractivity contribution is 0.0926. The summed E-state index contributed by atoms with van der Waals surface area (Å²) in [4.78, 5) is 13.7. The molecule has 29 heavy (non-hydrogen) atoms. The molecule has 0 aliphatic rings. The van der Waals surface area contributed by atoms with Crippen molar-refractivity contribution in [2.45, 2.75) is 37.5 Å². The topological polar surface area (TPSA) is 38.3 Å². The van der Waals surface area contributed by atoms with Gasteiger partial charge in [0.05, 0.1) is 6.04 Å². The van der Waals surface area contributed by atoms with Gasteiger partial charge in [-0.1, -0.05) is 48.0 Å². The minimum absolute atomic E-state index is 0.0800. The molecular formula is C25H27NO2S. The van der Waals surface area contributed by atoms with E-state index in [9.17, 15) is 4.79 Å². The molecule has 1 N–H and O–H groups in total. The van der Waals surface area contributed by atoms with Crippen LogP contribution in [-0.2, 0) is 5.75 Å². The Kier molecular flexibility index (Phi) is 7.36. The molecule has 0 aliphatic carbocycles. The van der Waals surface area contributed by atoms with Gasteiger partial charge in [-0.2, -0.15) is 0 Å². The molecule has 1 amide bonds. The van der Waals surface area contributed by atoms with Crippen LogP contribution in [0.25, 0.3) is 0 Å². The smallest absolute Gasteiger partial charge is 0.251 e. The van der Waals surface area contributed by atoms with Crippen molar-refractivity contribution in [2.75, 3.05) is 6.61 Å². The molecule has 3 aromatic rings. The van der Waals surface area contributed by atoms with E-state index in [1.54, 1.807) is 11.8 Å². The third-order valence-electron chi connectivity index (χ3n) is 4.60. The van der Waals surface area contributed by atoms with Crippen molar-refractivity contribution in [1.82, 2.24) is 5.32 Å². The maximum atomic E-state index is 12.5. The van der Waals surface area contributed by atoms with Gasteiger partial charge in [0, 0.05) is 16.2 Å². The Morgan fingerprint density at radius 2 is 1.66 bits per heavy atom. The van der Waals surface area contributed by atoms with E-state index in [0.717, 1.165) is 17.1 Å². The van der Waals surface area contributed by atoms with Crippen LogP contribution in [0.1, 0.15) is 34.0 Å². The SMILES string of the molecule is Cc1ccc(SCc2ccc(C(=O)N[C@H](C)COc3ccccc3C)cc2)cc1. The van der Waals surface area contributed by atoms with Crippen molar-refractivity contribution in [1.29, 1.82) is 0 Å². The lowest BCUT2D eigenvalue weighted by Gasteiger charge is -2.16. The average molecular weight is 406 g/mol. The molecule has 0 saturated heterocycles. The van der Waals surface area contributed by atoms with Crippen LogP contribution in [0.5, 0.6) is 5.75 Å². The molecule has 1 atom stereocenters. The number of benzene rings is 3. The third kappa shape index (κ3) is 6.40. The predicted octanol–water partition coefficient (Wildman–Crippen LogP) is 5.79. The molecule has 0 aromatic heterocycles. The highest BCUT2D eigenvalue weighted by Gasteiger charge is 2.11. The fourth-order valence-corrected chi connectivity index (χ4v) is 3.69. The van der Waals surface area contributed by atoms with Crippen LogP contribution in [0, 0.1) is 13.8 Å². The van der Waals surface area contributed by atoms with Crippen LogP contribution in [0.3, 0.4) is 0 Å². The van der Waals surface area contributed by atoms with Gasteiger partial charge in [-0.25, -0.2) is 0 Å². The number of rotatable bonds is 8. The number of nitrogens with one attached hydrogen (secondary N) is 1. The van der Waals surface area contributed by atoms with Gasteiger partial charge in [0.1, 0.15) is 12.4 Å². The maximum absolute atomic E-state index is 12.5. The van der Waals surface area contributed by atoms with Crippen molar-refractivity contribution >= 4 is 17.7 Å². The number of aryl methyl sites for hydroxylation is 2. The highest BCUT2D eigenvalue weighted by atomic mass is 32.2. The van der Waals surface area contributed by atoms with E-state index < -0.39 is 0 Å². The van der Waals surface area contributed by atoms with Crippen molar-refractivity contribution in [3.05, 3.63) is 95.1 Å². The van der Waals surface area contributed by atoms with Gasteiger partial charge in [0.2, 0.25) is 0 Å². The zero-order valence-electron chi connectivity index (χ0n) is 17.1. The average Bonchev–Trinajstić information content (AvgIpc) is 2.73. The molecule has 3 rings (SSSR count). The van der Waals surface area contributed by atoms with E-state index >= 15 is 0 Å². The standard InChI is InChI=1S/C25H27NO2S/c1-18-8-14-23(15-9-18)29-17-21-10-12-22(13-11-21)25(27)26-20(3)16-28-24-7-5-4-6-19(24)2/h4-15,20H,16-17H2,1-3H3,(H,26,27)/t20-/m1/s1. The van der Waals surface area contributed by atoms with Crippen LogP contribution in [0.4, 0.5) is 0 Å². The molecule has 0 bridgehead atoms. The van der Waals surface area contributed by atoms with Crippen LogP contribution < -0.4 is 10.1 Å². The molecule has 0 saturated carbocycles. The maximum Gasteiger partial charge on any atom is 0.251 e. The second kappa shape index (κ2) is 10.2. The second-order valence-electron chi connectivity index (χ2n) is 7.25. The Morgan fingerprint density at radius 1 is 0.966 bits per heavy atom. The van der Waals surface area contributed by atoms with Gasteiger partial charge in [-0.3, -0.25) is 4.79 Å². The first-order valence-corrected chi connectivity index (χ1v) is 10.8. The summed E-state index contributed by atoms with van der Waals surface area (Å²) >= 11 is 1.80. The Hall–Kier alpha value is -2.72. The Bertz CT molecular complexity index is 936. The molecule has 4 heteroatoms. The van der Waals surface area contributed by atoms with E-state index in [0.29, 0.717) is 12.2 Å². The van der Waals surface area contributed by atoms with Crippen LogP contribution in [-0.4, -0.2) is 18.6 Å². The fourth-order valence-electron chi connectivity index (χ4n) is 2.84. The molecule has 0 aliphatic heterocycles. The third-order valence-corrected chi connectivity index (χ3v) is 5.69. The van der Waals surface area contributed by atoms with Gasteiger partial charge < -0.3 is 10.1 Å². The normalized spacial score (nSPS) is 11.7. The number of para-hydroxylation sites is 1. The summed E-state index contributed by atoms with van der Waals surface area (Å²) in [5.41, 5.74) is 4.22. The summed E-state index contributed by atoms with van der Waals surface area (Å²) in [7, 11) is 0. The summed E-state index contributed by atoms with van der Waals surface area (Å²) in [6.45, 7) is 6.48. The Balaban J connectivity index is 1.47. The quantitative estimate of drug-likeness (QED) is 0.482. The van der Waals surface area contributed by atoms with Gasteiger partial charge >= 0.3 is 0 Å². The van der Waals surface area contributed by atoms with Crippen LogP contribution in [0.15, 0.2) is 77.7 Å². The highest BCUT2D eigenvalue weighted by Crippen LogP contribution is 2.23. The molecule has 0 heterocycles. The zero-order valence-corrected chi connectivity index (χ0v) is 18.0. The minimum Gasteiger partial charge on any atom is -0.491 e. The van der Waals surface area contributed by atoms with Crippen molar-refractivity contribution in [3.63, 3.8) is 0 Å². The fraction of sp³-hybridized carbons (Fsp3) is 0.240. The summed E-state index contributed by atoms with van der Waals surface area (Å²) in [6.07, 6.45) is 0. The van der Waals surface area contributed by atoms with Crippen LogP contribution >= 0.6 is 11.8 Å². The van der Waals surface area contributed by atoms with Gasteiger partial charge in [0.25, 0.3) is 5.91 Å². The van der Waals surface area contributed by atoms with Crippen molar-refractivity contribution in [2.24, 2.45) is 0 Å². The van der Waals surface area contributed by atoms with Crippen molar-refractivity contribution in [3.8, 4) is 5.75 Å². The molecule has 0 radical (unpaired) electrons. The number of carbonyl (C=O) groups excluding carboxylic acids is 1. The molecule has 3 nitrogen and oxygen atoms in total. The van der Waals surface area contributed by atoms with E-state index in [4.69, 9.17) is 4.74 Å². The van der Waals surface area contributed by atoms with Gasteiger partial charge in [-0.15, -0.1) is 11.8 Å². The second-order valence-corrected chi connectivity index (χ2v) is 8.30. The molecule has 0 unspecified atom stereocenters. The number of amides is 1. The first kappa shape index (κ1) is 21.0. The van der Waals surface area contributed by atoms with Crippen molar-refractivity contribution < 1.29 is 9.53 Å². The van der Waals surface area contributed by atoms with Crippen LogP contribution in [0.2, 0.25) is 0 Å². The number of hydrogen-bond acceptors (Lipinski definition) is 3. The highest BCUT2D eigenvalue weighted by molar-refractivity contribution is 7.98. The Labute approximate surface area is 177 Å². The number of hydrogen-bond donors (Lipinski definition) is 1. The summed E-state index contributed by atoms with van der Waals surface area (Å²) in [5, 5.41) is 3.00. The first-order valence-electron chi connectivity index (χ1n) is 9.79. The van der Waals surface area contributed by atoms with E-state index in [1.165, 1.54) is 16.0 Å². The molecule has 150 valence electrons. The molecular weight excluding hydrogens is 378 g/mol. The van der Waals surface area contributed by atoms with Gasteiger partial charge in [0.15, 0.2) is 0 Å². The summed E-state index contributed by atoms with van der Waals surface area (Å²) in [6, 6.07) is 24.1. The summed E-state index contributed by atoms with van der Waals surface area (Å²) < 4.78 is 5.82. The van der Waals surface area contributed by atoms with E-state index in [-0.39, 0.29) is 11.9 Å². The summed E-state index contributed by atoms with van der Waals surface area (Å²) in [5.74, 6) is 1.65. The lowest BCUT2D eigenvalue weighted by Crippen LogP contribution is -2.36. The monoisotopic (exact) mass is 405 g/mol.